The number of ether oxygens (including phenoxy) is 4. The summed E-state index contributed by atoms with van der Waals surface area (Å²) in [6.45, 7) is 0. The lowest BCUT2D eigenvalue weighted by Gasteiger charge is -2.52. The molecule has 0 aromatic heterocycles. The highest BCUT2D eigenvalue weighted by atomic mass is 16.5. The molecule has 8 heteroatoms. The lowest BCUT2D eigenvalue weighted by Crippen LogP contribution is -2.60. The maximum Gasteiger partial charge on any atom is 0.161 e. The fourth-order valence-corrected chi connectivity index (χ4v) is 8.55. The van der Waals surface area contributed by atoms with Crippen LogP contribution in [0.5, 0.6) is 23.0 Å². The van der Waals surface area contributed by atoms with Gasteiger partial charge < -0.3 is 29.2 Å². The van der Waals surface area contributed by atoms with Gasteiger partial charge in [-0.25, -0.2) is 0 Å². The molecule has 4 aliphatic rings. The predicted molar refractivity (Wildman–Crippen MR) is 173 cm³/mol. The van der Waals surface area contributed by atoms with Crippen molar-refractivity contribution >= 4 is 0 Å². The predicted octanol–water partition coefficient (Wildman–Crippen LogP) is 7.18. The van der Waals surface area contributed by atoms with Crippen LogP contribution >= 0.6 is 0 Å². The number of benzene rings is 2. The van der Waals surface area contributed by atoms with E-state index in [1.165, 1.54) is 0 Å². The van der Waals surface area contributed by atoms with E-state index < -0.39 is 22.0 Å². The lowest BCUT2D eigenvalue weighted by molar-refractivity contribution is -0.190. The number of nitriles is 2. The third kappa shape index (κ3) is 5.91. The molecule has 46 heavy (non-hydrogen) atoms. The zero-order valence-corrected chi connectivity index (χ0v) is 27.4. The van der Waals surface area contributed by atoms with Crippen LogP contribution in [0, 0.1) is 22.7 Å². The topological polar surface area (TPSA) is 125 Å². The molecule has 0 aliphatic heterocycles. The van der Waals surface area contributed by atoms with Gasteiger partial charge in [0.15, 0.2) is 23.0 Å². The van der Waals surface area contributed by atoms with E-state index in [1.807, 2.05) is 36.4 Å². The molecular weight excluding hydrogens is 580 g/mol. The second-order valence-electron chi connectivity index (χ2n) is 14.2. The van der Waals surface area contributed by atoms with Gasteiger partial charge in [0.05, 0.1) is 60.6 Å². The van der Waals surface area contributed by atoms with Crippen molar-refractivity contribution < 1.29 is 29.2 Å². The van der Waals surface area contributed by atoms with Crippen LogP contribution in [-0.4, -0.2) is 47.8 Å². The number of aliphatic hydroxyl groups is 2. The van der Waals surface area contributed by atoms with Crippen molar-refractivity contribution in [2.24, 2.45) is 0 Å². The third-order valence-electron chi connectivity index (χ3n) is 11.8. The fourth-order valence-electron chi connectivity index (χ4n) is 8.55. The number of methoxy groups -OCH3 is 2. The Hall–Kier alpha value is -3.46. The molecule has 8 nitrogen and oxygen atoms in total. The molecule has 4 saturated carbocycles. The minimum Gasteiger partial charge on any atom is -0.493 e. The van der Waals surface area contributed by atoms with Crippen molar-refractivity contribution in [1.82, 2.24) is 0 Å². The van der Waals surface area contributed by atoms with E-state index in [1.54, 1.807) is 14.2 Å². The minimum atomic E-state index is -1.35. The average Bonchev–Trinajstić information content (AvgIpc) is 3.81. The van der Waals surface area contributed by atoms with Gasteiger partial charge in [0.1, 0.15) is 0 Å². The molecule has 2 aromatic rings. The van der Waals surface area contributed by atoms with Gasteiger partial charge in [-0.2, -0.15) is 10.5 Å². The zero-order chi connectivity index (χ0) is 32.4. The zero-order valence-electron chi connectivity index (χ0n) is 27.4. The summed E-state index contributed by atoms with van der Waals surface area (Å²) < 4.78 is 23.8. The molecule has 2 N–H and O–H groups in total. The largest absolute Gasteiger partial charge is 0.493 e. The van der Waals surface area contributed by atoms with Gasteiger partial charge in [-0.05, 0) is 138 Å². The van der Waals surface area contributed by atoms with Crippen LogP contribution < -0.4 is 18.9 Å². The van der Waals surface area contributed by atoms with Gasteiger partial charge in [-0.3, -0.25) is 0 Å². The Bertz CT molecular complexity index is 1350. The Morgan fingerprint density at radius 3 is 1.22 bits per heavy atom. The van der Waals surface area contributed by atoms with Crippen LogP contribution in [0.3, 0.4) is 0 Å². The second kappa shape index (κ2) is 13.0. The Balaban J connectivity index is 1.17. The first kappa shape index (κ1) is 32.5. The van der Waals surface area contributed by atoms with E-state index in [-0.39, 0.29) is 12.2 Å². The molecule has 0 spiro atoms. The van der Waals surface area contributed by atoms with E-state index in [4.69, 9.17) is 18.9 Å². The van der Waals surface area contributed by atoms with Crippen LogP contribution in [0.25, 0.3) is 0 Å². The van der Waals surface area contributed by atoms with E-state index >= 15 is 0 Å². The van der Waals surface area contributed by atoms with Crippen LogP contribution in [0.4, 0.5) is 0 Å². The standard InChI is InChI=1S/C38H48N2O6/c1-43-31-13-11-27(23-33(31)45-29-7-3-4-8-29)35(25-39)15-19-37(41,20-16-35)38(42)21-17-36(26-40,18-22-38)28-12-14-32(44-2)34(24-28)46-30-9-5-6-10-30/h11-14,23-24,29-30,41-42H,3-10,15-22H2,1-2H3. The van der Waals surface area contributed by atoms with Crippen LogP contribution in [0.1, 0.15) is 114 Å². The molecule has 246 valence electrons. The highest BCUT2D eigenvalue weighted by Gasteiger charge is 2.57. The van der Waals surface area contributed by atoms with Gasteiger partial charge in [-0.1, -0.05) is 12.1 Å². The monoisotopic (exact) mass is 628 g/mol. The van der Waals surface area contributed by atoms with E-state index in [0.717, 1.165) is 62.5 Å². The number of hydrogen-bond donors (Lipinski definition) is 2. The van der Waals surface area contributed by atoms with Crippen LogP contribution in [0.2, 0.25) is 0 Å². The quantitative estimate of drug-likeness (QED) is 0.299. The highest BCUT2D eigenvalue weighted by molar-refractivity contribution is 5.49. The Morgan fingerprint density at radius 1 is 0.565 bits per heavy atom. The van der Waals surface area contributed by atoms with Gasteiger partial charge in [0, 0.05) is 0 Å². The van der Waals surface area contributed by atoms with E-state index in [9.17, 15) is 20.7 Å². The maximum atomic E-state index is 12.0. The van der Waals surface area contributed by atoms with Crippen molar-refractivity contribution in [3.05, 3.63) is 47.5 Å². The third-order valence-corrected chi connectivity index (χ3v) is 11.8. The molecule has 6 rings (SSSR count). The number of rotatable bonds is 9. The first-order valence-corrected chi connectivity index (χ1v) is 17.2. The van der Waals surface area contributed by atoms with Gasteiger partial charge >= 0.3 is 0 Å². The maximum absolute atomic E-state index is 12.0. The van der Waals surface area contributed by atoms with Gasteiger partial charge in [0.25, 0.3) is 0 Å². The molecule has 0 saturated heterocycles. The second-order valence-corrected chi connectivity index (χ2v) is 14.2. The minimum absolute atomic E-state index is 0.157. The molecule has 0 radical (unpaired) electrons. The van der Waals surface area contributed by atoms with Crippen molar-refractivity contribution in [1.29, 1.82) is 10.5 Å². The Morgan fingerprint density at radius 2 is 0.913 bits per heavy atom. The summed E-state index contributed by atoms with van der Waals surface area (Å²) >= 11 is 0. The first-order valence-electron chi connectivity index (χ1n) is 17.2. The summed E-state index contributed by atoms with van der Waals surface area (Å²) in [7, 11) is 3.25. The lowest BCUT2D eigenvalue weighted by atomic mass is 9.56. The van der Waals surface area contributed by atoms with E-state index in [0.29, 0.717) is 74.4 Å². The van der Waals surface area contributed by atoms with Crippen molar-refractivity contribution in [2.45, 2.75) is 137 Å². The summed E-state index contributed by atoms with van der Waals surface area (Å²) in [6.07, 6.45) is 11.9. The highest BCUT2D eigenvalue weighted by Crippen LogP contribution is 2.54. The fraction of sp³-hybridized carbons (Fsp3) is 0.632. The molecule has 0 amide bonds. The molecule has 4 fully saturated rings. The SMILES string of the molecule is COc1ccc(C2(C#N)CCC(O)(C3(O)CCC(C#N)(c4ccc(OC)c(OC5CCCC5)c4)CC3)CC2)cc1OC1CCCC1. The average molecular weight is 629 g/mol. The Kier molecular flexibility index (Phi) is 9.16. The molecular formula is C38H48N2O6. The molecule has 4 aliphatic carbocycles. The van der Waals surface area contributed by atoms with E-state index in [2.05, 4.69) is 12.1 Å². The van der Waals surface area contributed by atoms with Gasteiger partial charge in [-0.15, -0.1) is 0 Å². The number of hydrogen-bond acceptors (Lipinski definition) is 8. The van der Waals surface area contributed by atoms with Crippen molar-refractivity contribution in [3.63, 3.8) is 0 Å². The van der Waals surface area contributed by atoms with Crippen LogP contribution in [0.15, 0.2) is 36.4 Å². The molecule has 2 aromatic carbocycles. The first-order chi connectivity index (χ1) is 22.2. The van der Waals surface area contributed by atoms with Crippen molar-refractivity contribution in [2.75, 3.05) is 14.2 Å². The summed E-state index contributed by atoms with van der Waals surface area (Å²) in [6, 6.07) is 16.7. The molecule has 0 unspecified atom stereocenters. The molecule has 0 atom stereocenters. The smallest absolute Gasteiger partial charge is 0.161 e. The molecule has 0 heterocycles. The number of nitrogens with zero attached hydrogens (tertiary/aromatic N) is 2. The summed E-state index contributed by atoms with van der Waals surface area (Å²) in [5.74, 6) is 2.64. The summed E-state index contributed by atoms with van der Waals surface area (Å²) in [4.78, 5) is 0. The van der Waals surface area contributed by atoms with Crippen LogP contribution in [-0.2, 0) is 10.8 Å². The van der Waals surface area contributed by atoms with Gasteiger partial charge in [0.2, 0.25) is 0 Å². The summed E-state index contributed by atoms with van der Waals surface area (Å²) in [5.41, 5.74) is -2.57. The van der Waals surface area contributed by atoms with Crippen molar-refractivity contribution in [3.8, 4) is 35.1 Å². The summed E-state index contributed by atoms with van der Waals surface area (Å²) in [5, 5.41) is 45.0. The Labute approximate surface area is 273 Å². The normalized spacial score (nSPS) is 32.0. The molecule has 0 bridgehead atoms.